The van der Waals surface area contributed by atoms with E-state index in [1.54, 1.807) is 18.3 Å². The maximum Gasteiger partial charge on any atom is 0.132 e. The van der Waals surface area contributed by atoms with Crippen LogP contribution in [0.2, 0.25) is 0 Å². The number of pyridine rings is 2. The summed E-state index contributed by atoms with van der Waals surface area (Å²) in [5.74, 6) is 0.593. The molecule has 0 radical (unpaired) electrons. The fourth-order valence-corrected chi connectivity index (χ4v) is 5.38. The van der Waals surface area contributed by atoms with E-state index in [0.717, 1.165) is 54.2 Å². The summed E-state index contributed by atoms with van der Waals surface area (Å²) < 4.78 is 19.9. The zero-order chi connectivity index (χ0) is 25.3. The summed E-state index contributed by atoms with van der Waals surface area (Å²) >= 11 is 0. The van der Waals surface area contributed by atoms with Crippen LogP contribution in [0.4, 0.5) is 4.39 Å². The smallest absolute Gasteiger partial charge is 0.132 e. The van der Waals surface area contributed by atoms with Crippen LogP contribution < -0.4 is 0 Å². The van der Waals surface area contributed by atoms with Crippen LogP contribution in [-0.2, 0) is 4.74 Å². The van der Waals surface area contributed by atoms with Crippen LogP contribution in [-0.4, -0.2) is 35.4 Å². The largest absolute Gasteiger partial charge is 0.381 e. The van der Waals surface area contributed by atoms with E-state index < -0.39 is 0 Å². The van der Waals surface area contributed by atoms with Crippen LogP contribution >= 0.6 is 0 Å². The molecule has 0 bridgehead atoms. The Labute approximate surface area is 219 Å². The van der Waals surface area contributed by atoms with Gasteiger partial charge in [-0.25, -0.2) is 4.39 Å². The lowest BCUT2D eigenvalue weighted by atomic mass is 9.93. The van der Waals surface area contributed by atoms with E-state index in [4.69, 9.17) is 9.73 Å². The SMILES string of the molecule is Fc1ccccc1-c1cc(-c2cncc(C3=CCC(CCCCCC4CCCOCC4)N=C3)c2)ccn1. The Bertz CT molecular complexity index is 1230. The van der Waals surface area contributed by atoms with Crippen molar-refractivity contribution in [2.75, 3.05) is 13.2 Å². The fraction of sp³-hybridized carbons (Fsp3) is 0.406. The molecule has 1 fully saturated rings. The number of halogens is 1. The van der Waals surface area contributed by atoms with Gasteiger partial charge >= 0.3 is 0 Å². The lowest BCUT2D eigenvalue weighted by Gasteiger charge is -2.17. The molecular formula is C32H36FN3O. The van der Waals surface area contributed by atoms with Gasteiger partial charge in [0.05, 0.1) is 11.7 Å². The summed E-state index contributed by atoms with van der Waals surface area (Å²) in [5, 5.41) is 0. The first-order valence-corrected chi connectivity index (χ1v) is 13.7. The molecule has 0 amide bonds. The van der Waals surface area contributed by atoms with E-state index >= 15 is 0 Å². The van der Waals surface area contributed by atoms with Gasteiger partial charge < -0.3 is 4.74 Å². The standard InChI is InChI=1S/C32H36FN3O/c33-31-11-5-4-10-30(31)32-20-25(14-16-35-32)27-19-28(22-34-21-27)26-12-13-29(36-23-26)9-3-1-2-7-24-8-6-17-37-18-15-24/h4-5,10-12,14,16,19-24,29H,1-3,6-9,13,15,17-18H2. The summed E-state index contributed by atoms with van der Waals surface area (Å²) in [6, 6.07) is 13.1. The second-order valence-corrected chi connectivity index (χ2v) is 10.2. The monoisotopic (exact) mass is 497 g/mol. The van der Waals surface area contributed by atoms with Crippen molar-refractivity contribution in [3.63, 3.8) is 0 Å². The van der Waals surface area contributed by atoms with Gasteiger partial charge in [-0.05, 0) is 79.5 Å². The summed E-state index contributed by atoms with van der Waals surface area (Å²) in [4.78, 5) is 13.7. The highest BCUT2D eigenvalue weighted by atomic mass is 19.1. The van der Waals surface area contributed by atoms with Crippen LogP contribution in [0.1, 0.15) is 63.4 Å². The number of benzene rings is 1. The van der Waals surface area contributed by atoms with Gasteiger partial charge in [-0.1, -0.05) is 43.9 Å². The van der Waals surface area contributed by atoms with Gasteiger partial charge in [0.15, 0.2) is 0 Å². The highest BCUT2D eigenvalue weighted by molar-refractivity contribution is 6.10. The van der Waals surface area contributed by atoms with Gasteiger partial charge in [0.25, 0.3) is 0 Å². The molecule has 3 aromatic rings. The molecule has 0 spiro atoms. The zero-order valence-corrected chi connectivity index (χ0v) is 21.5. The Kier molecular flexibility index (Phi) is 8.86. The van der Waals surface area contributed by atoms with Crippen molar-refractivity contribution in [1.82, 2.24) is 9.97 Å². The minimum atomic E-state index is -0.271. The molecule has 0 saturated carbocycles. The van der Waals surface area contributed by atoms with Crippen LogP contribution in [0.25, 0.3) is 28.0 Å². The molecule has 4 nitrogen and oxygen atoms in total. The molecule has 37 heavy (non-hydrogen) atoms. The van der Waals surface area contributed by atoms with Gasteiger partial charge in [-0.2, -0.15) is 0 Å². The third-order valence-electron chi connectivity index (χ3n) is 7.57. The average Bonchev–Trinajstić information content (AvgIpc) is 3.23. The van der Waals surface area contributed by atoms with Crippen LogP contribution in [0, 0.1) is 11.7 Å². The Morgan fingerprint density at radius 2 is 1.78 bits per heavy atom. The quantitative estimate of drug-likeness (QED) is 0.282. The molecule has 2 aliphatic rings. The van der Waals surface area contributed by atoms with Crippen LogP contribution in [0.15, 0.2) is 72.1 Å². The van der Waals surface area contributed by atoms with Gasteiger partial charge in [0.2, 0.25) is 0 Å². The van der Waals surface area contributed by atoms with Crippen molar-refractivity contribution < 1.29 is 9.13 Å². The Morgan fingerprint density at radius 3 is 2.68 bits per heavy atom. The molecule has 2 atom stereocenters. The molecule has 2 unspecified atom stereocenters. The van der Waals surface area contributed by atoms with Gasteiger partial charge in [-0.15, -0.1) is 0 Å². The summed E-state index contributed by atoms with van der Waals surface area (Å²) in [7, 11) is 0. The number of unbranched alkanes of at least 4 members (excludes halogenated alkanes) is 2. The second-order valence-electron chi connectivity index (χ2n) is 10.2. The number of nitrogens with zero attached hydrogens (tertiary/aromatic N) is 3. The fourth-order valence-electron chi connectivity index (χ4n) is 5.38. The van der Waals surface area contributed by atoms with E-state index in [0.29, 0.717) is 17.3 Å². The van der Waals surface area contributed by atoms with Crippen molar-refractivity contribution in [2.45, 2.75) is 63.8 Å². The Morgan fingerprint density at radius 1 is 0.892 bits per heavy atom. The number of dihydropyridines is 1. The molecule has 1 aromatic carbocycles. The van der Waals surface area contributed by atoms with E-state index in [1.807, 2.05) is 36.8 Å². The van der Waals surface area contributed by atoms with E-state index in [2.05, 4.69) is 22.1 Å². The first-order valence-electron chi connectivity index (χ1n) is 13.7. The number of hydrogen-bond acceptors (Lipinski definition) is 4. The van der Waals surface area contributed by atoms with Crippen molar-refractivity contribution in [3.05, 3.63) is 78.5 Å². The number of ether oxygens (including phenoxy) is 1. The molecule has 0 aliphatic carbocycles. The van der Waals surface area contributed by atoms with Gasteiger partial charge in [0.1, 0.15) is 5.82 Å². The topological polar surface area (TPSA) is 47.4 Å². The molecule has 5 rings (SSSR count). The molecule has 0 N–H and O–H groups in total. The zero-order valence-electron chi connectivity index (χ0n) is 21.5. The Hall–Kier alpha value is -3.18. The Balaban J connectivity index is 1.14. The minimum absolute atomic E-state index is 0.271. The number of rotatable bonds is 9. The van der Waals surface area contributed by atoms with Crippen molar-refractivity contribution >= 4 is 11.8 Å². The van der Waals surface area contributed by atoms with Crippen molar-refractivity contribution in [2.24, 2.45) is 10.9 Å². The highest BCUT2D eigenvalue weighted by Crippen LogP contribution is 2.29. The normalized spacial score (nSPS) is 19.9. The maximum atomic E-state index is 14.3. The number of allylic oxidation sites excluding steroid dienone is 1. The average molecular weight is 498 g/mol. The highest BCUT2D eigenvalue weighted by Gasteiger charge is 2.14. The third kappa shape index (κ3) is 6.98. The minimum Gasteiger partial charge on any atom is -0.381 e. The molecule has 2 aromatic heterocycles. The first-order chi connectivity index (χ1) is 18.3. The molecule has 192 valence electrons. The number of aromatic nitrogens is 2. The summed E-state index contributed by atoms with van der Waals surface area (Å²) in [5.41, 5.74) is 5.23. The molecular weight excluding hydrogens is 461 g/mol. The second kappa shape index (κ2) is 12.9. The molecule has 5 heteroatoms. The predicted octanol–water partition coefficient (Wildman–Crippen LogP) is 7.94. The van der Waals surface area contributed by atoms with Crippen LogP contribution in [0.5, 0.6) is 0 Å². The number of hydrogen-bond donors (Lipinski definition) is 0. The van der Waals surface area contributed by atoms with E-state index in [9.17, 15) is 4.39 Å². The van der Waals surface area contributed by atoms with Gasteiger partial charge in [0, 0.05) is 54.7 Å². The molecule has 4 heterocycles. The summed E-state index contributed by atoms with van der Waals surface area (Å²) in [6.07, 6.45) is 20.9. The summed E-state index contributed by atoms with van der Waals surface area (Å²) in [6.45, 7) is 1.90. The van der Waals surface area contributed by atoms with E-state index in [-0.39, 0.29) is 5.82 Å². The number of aliphatic imine (C=N–C) groups is 1. The lowest BCUT2D eigenvalue weighted by molar-refractivity contribution is 0.141. The first kappa shape index (κ1) is 25.5. The maximum absolute atomic E-state index is 14.3. The van der Waals surface area contributed by atoms with Crippen LogP contribution in [0.3, 0.4) is 0 Å². The van der Waals surface area contributed by atoms with Crippen molar-refractivity contribution in [1.29, 1.82) is 0 Å². The lowest BCUT2D eigenvalue weighted by Crippen LogP contribution is -2.09. The van der Waals surface area contributed by atoms with E-state index in [1.165, 1.54) is 51.0 Å². The van der Waals surface area contributed by atoms with Crippen molar-refractivity contribution in [3.8, 4) is 22.4 Å². The third-order valence-corrected chi connectivity index (χ3v) is 7.57. The molecule has 1 saturated heterocycles. The van der Waals surface area contributed by atoms with Gasteiger partial charge in [-0.3, -0.25) is 15.0 Å². The molecule has 2 aliphatic heterocycles. The predicted molar refractivity (Wildman–Crippen MR) is 149 cm³/mol.